The Balaban J connectivity index is 1.59. The lowest BCUT2D eigenvalue weighted by atomic mass is 10.1. The van der Waals surface area contributed by atoms with Crippen molar-refractivity contribution in [2.45, 2.75) is 30.6 Å². The van der Waals surface area contributed by atoms with Crippen molar-refractivity contribution in [1.29, 1.82) is 0 Å². The van der Waals surface area contributed by atoms with Crippen LogP contribution >= 0.6 is 11.6 Å². The normalized spacial score (nSPS) is 19.9. The number of likely N-dealkylation sites (tertiary alicyclic amines) is 1. The largest absolute Gasteiger partial charge is 0.352 e. The molecule has 0 unspecified atom stereocenters. The molecule has 3 rings (SSSR count). The average molecular weight is 443 g/mol. The zero-order valence-corrected chi connectivity index (χ0v) is 18.6. The predicted octanol–water partition coefficient (Wildman–Crippen LogP) is 1.88. The Morgan fingerprint density at radius 1 is 1.07 bits per heavy atom. The van der Waals surface area contributed by atoms with Gasteiger partial charge in [-0.15, -0.1) is 0 Å². The summed E-state index contributed by atoms with van der Waals surface area (Å²) in [6, 6.07) is 4.47. The van der Waals surface area contributed by atoms with Crippen molar-refractivity contribution < 1.29 is 13.2 Å². The van der Waals surface area contributed by atoms with Gasteiger partial charge in [0.1, 0.15) is 4.90 Å². The van der Waals surface area contributed by atoms with Crippen LogP contribution in [0.25, 0.3) is 0 Å². The Hall–Kier alpha value is -1.19. The highest BCUT2D eigenvalue weighted by atomic mass is 35.5. The van der Waals surface area contributed by atoms with Crippen LogP contribution in [0.1, 0.15) is 36.0 Å². The number of nitrogens with one attached hydrogen (secondary N) is 1. The van der Waals surface area contributed by atoms with Crippen LogP contribution in [0.5, 0.6) is 0 Å². The summed E-state index contributed by atoms with van der Waals surface area (Å²) in [6.45, 7) is 6.01. The van der Waals surface area contributed by atoms with Gasteiger partial charge in [-0.05, 0) is 64.1 Å². The lowest BCUT2D eigenvalue weighted by Gasteiger charge is -2.31. The minimum Gasteiger partial charge on any atom is -0.352 e. The number of hydrogen-bond acceptors (Lipinski definition) is 5. The summed E-state index contributed by atoms with van der Waals surface area (Å²) in [4.78, 5) is 17.0. The molecule has 2 fully saturated rings. The van der Waals surface area contributed by atoms with Crippen molar-refractivity contribution >= 4 is 27.5 Å². The van der Waals surface area contributed by atoms with E-state index >= 15 is 0 Å². The lowest BCUT2D eigenvalue weighted by Crippen LogP contribution is -2.47. The maximum absolute atomic E-state index is 13.0. The Bertz CT molecular complexity index is 804. The third-order valence-corrected chi connectivity index (χ3v) is 8.04. The average Bonchev–Trinajstić information content (AvgIpc) is 2.72. The highest BCUT2D eigenvalue weighted by molar-refractivity contribution is 7.89. The molecule has 0 atom stereocenters. The molecular formula is C20H31ClN4O3S. The van der Waals surface area contributed by atoms with Gasteiger partial charge in [-0.25, -0.2) is 8.42 Å². The summed E-state index contributed by atoms with van der Waals surface area (Å²) in [6.07, 6.45) is 4.69. The second kappa shape index (κ2) is 10.2. The van der Waals surface area contributed by atoms with Crippen molar-refractivity contribution in [2.24, 2.45) is 0 Å². The number of carbonyl (C=O) groups excluding carboxylic acids is 1. The molecule has 7 nitrogen and oxygen atoms in total. The van der Waals surface area contributed by atoms with E-state index in [9.17, 15) is 13.2 Å². The standard InChI is InChI=1S/C20H31ClN4O3S/c1-23-12-14-25(15-13-23)29(27,28)19-16-17(6-7-18(19)21)20(26)22-8-5-11-24-9-3-2-4-10-24/h6-7,16H,2-5,8-15H2,1H3,(H,22,26). The Morgan fingerprint density at radius 3 is 2.45 bits per heavy atom. The summed E-state index contributed by atoms with van der Waals surface area (Å²) in [5, 5.41) is 3.04. The van der Waals surface area contributed by atoms with Crippen LogP contribution in [0, 0.1) is 0 Å². The highest BCUT2D eigenvalue weighted by Gasteiger charge is 2.30. The molecule has 2 aliphatic rings. The molecular weight excluding hydrogens is 412 g/mol. The molecule has 162 valence electrons. The molecule has 2 heterocycles. The highest BCUT2D eigenvalue weighted by Crippen LogP contribution is 2.26. The summed E-state index contributed by atoms with van der Waals surface area (Å²) in [5.74, 6) is -0.268. The molecule has 0 radical (unpaired) electrons. The quantitative estimate of drug-likeness (QED) is 0.653. The number of sulfonamides is 1. The first-order chi connectivity index (χ1) is 13.9. The third kappa shape index (κ3) is 5.92. The number of benzene rings is 1. The molecule has 0 saturated carbocycles. The van der Waals surface area contributed by atoms with E-state index in [1.165, 1.54) is 35.7 Å². The molecule has 1 amide bonds. The molecule has 2 saturated heterocycles. The molecule has 29 heavy (non-hydrogen) atoms. The number of amides is 1. The Labute approximate surface area is 179 Å². The van der Waals surface area contributed by atoms with Crippen LogP contribution in [0.3, 0.4) is 0 Å². The van der Waals surface area contributed by atoms with E-state index in [2.05, 4.69) is 15.1 Å². The molecule has 1 aromatic carbocycles. The van der Waals surface area contributed by atoms with Gasteiger partial charge in [0, 0.05) is 38.3 Å². The van der Waals surface area contributed by atoms with Crippen LogP contribution in [-0.2, 0) is 10.0 Å². The van der Waals surface area contributed by atoms with Gasteiger partial charge in [0.15, 0.2) is 0 Å². The van der Waals surface area contributed by atoms with Gasteiger partial charge in [0.2, 0.25) is 10.0 Å². The molecule has 1 aromatic rings. The summed E-state index contributed by atoms with van der Waals surface area (Å²) < 4.78 is 27.5. The second-order valence-electron chi connectivity index (χ2n) is 7.86. The van der Waals surface area contributed by atoms with Crippen LogP contribution in [0.4, 0.5) is 0 Å². The summed E-state index contributed by atoms with van der Waals surface area (Å²) in [5.41, 5.74) is 0.320. The molecule has 9 heteroatoms. The Kier molecular flexibility index (Phi) is 7.92. The van der Waals surface area contributed by atoms with Gasteiger partial charge in [-0.1, -0.05) is 18.0 Å². The van der Waals surface area contributed by atoms with Crippen molar-refractivity contribution in [3.8, 4) is 0 Å². The van der Waals surface area contributed by atoms with Crippen molar-refractivity contribution in [3.05, 3.63) is 28.8 Å². The molecule has 0 aliphatic carbocycles. The van der Waals surface area contributed by atoms with Gasteiger partial charge in [-0.3, -0.25) is 4.79 Å². The first kappa shape index (κ1) is 22.5. The SMILES string of the molecule is CN1CCN(S(=O)(=O)c2cc(C(=O)NCCCN3CCCCC3)ccc2Cl)CC1. The van der Waals surface area contributed by atoms with Gasteiger partial charge < -0.3 is 15.1 Å². The van der Waals surface area contributed by atoms with E-state index < -0.39 is 10.0 Å². The number of piperidine rings is 1. The van der Waals surface area contributed by atoms with Crippen molar-refractivity contribution in [3.63, 3.8) is 0 Å². The zero-order chi connectivity index (χ0) is 20.9. The van der Waals surface area contributed by atoms with E-state index in [-0.39, 0.29) is 15.8 Å². The van der Waals surface area contributed by atoms with Crippen LogP contribution in [-0.4, -0.2) is 87.8 Å². The van der Waals surface area contributed by atoms with E-state index in [4.69, 9.17) is 11.6 Å². The number of halogens is 1. The summed E-state index contributed by atoms with van der Waals surface area (Å²) in [7, 11) is -1.76. The third-order valence-electron chi connectivity index (χ3n) is 5.66. The van der Waals surface area contributed by atoms with E-state index in [1.807, 2.05) is 7.05 Å². The van der Waals surface area contributed by atoms with E-state index in [0.29, 0.717) is 38.3 Å². The number of likely N-dealkylation sites (N-methyl/N-ethyl adjacent to an activating group) is 1. The lowest BCUT2D eigenvalue weighted by molar-refractivity contribution is 0.0951. The van der Waals surface area contributed by atoms with Crippen molar-refractivity contribution in [2.75, 3.05) is 59.4 Å². The minimum atomic E-state index is -3.72. The van der Waals surface area contributed by atoms with E-state index in [1.54, 1.807) is 6.07 Å². The molecule has 0 spiro atoms. The maximum atomic E-state index is 13.0. The number of rotatable bonds is 7. The second-order valence-corrected chi connectivity index (χ2v) is 10.2. The number of piperazine rings is 1. The fourth-order valence-electron chi connectivity index (χ4n) is 3.80. The summed E-state index contributed by atoms with van der Waals surface area (Å²) >= 11 is 6.19. The van der Waals surface area contributed by atoms with Gasteiger partial charge in [0.25, 0.3) is 5.91 Å². The van der Waals surface area contributed by atoms with E-state index in [0.717, 1.165) is 26.1 Å². The smallest absolute Gasteiger partial charge is 0.251 e. The maximum Gasteiger partial charge on any atom is 0.251 e. The van der Waals surface area contributed by atoms with Crippen molar-refractivity contribution in [1.82, 2.24) is 19.4 Å². The topological polar surface area (TPSA) is 73.0 Å². The molecule has 0 aromatic heterocycles. The van der Waals surface area contributed by atoms with Crippen LogP contribution in [0.2, 0.25) is 5.02 Å². The van der Waals surface area contributed by atoms with Gasteiger partial charge in [0.05, 0.1) is 5.02 Å². The number of carbonyl (C=O) groups is 1. The first-order valence-corrected chi connectivity index (χ1v) is 12.2. The molecule has 2 aliphatic heterocycles. The fourth-order valence-corrected chi connectivity index (χ4v) is 5.72. The molecule has 0 bridgehead atoms. The Morgan fingerprint density at radius 2 is 1.76 bits per heavy atom. The first-order valence-electron chi connectivity index (χ1n) is 10.4. The fraction of sp³-hybridized carbons (Fsp3) is 0.650. The monoisotopic (exact) mass is 442 g/mol. The zero-order valence-electron chi connectivity index (χ0n) is 17.1. The van der Waals surface area contributed by atoms with Crippen LogP contribution in [0.15, 0.2) is 23.1 Å². The van der Waals surface area contributed by atoms with Gasteiger partial charge >= 0.3 is 0 Å². The predicted molar refractivity (Wildman–Crippen MR) is 115 cm³/mol. The van der Waals surface area contributed by atoms with Crippen LogP contribution < -0.4 is 5.32 Å². The number of hydrogen-bond donors (Lipinski definition) is 1. The number of nitrogens with zero attached hydrogens (tertiary/aromatic N) is 3. The molecule has 1 N–H and O–H groups in total. The minimum absolute atomic E-state index is 0.00434. The van der Waals surface area contributed by atoms with Gasteiger partial charge in [-0.2, -0.15) is 4.31 Å².